The summed E-state index contributed by atoms with van der Waals surface area (Å²) in [6.07, 6.45) is 13.3. The molecule has 1 saturated heterocycles. The number of carbonyl (C=O) groups is 1. The zero-order chi connectivity index (χ0) is 26.5. The van der Waals surface area contributed by atoms with Crippen LogP contribution >= 0.6 is 11.6 Å². The van der Waals surface area contributed by atoms with Crippen molar-refractivity contribution in [3.05, 3.63) is 88.9 Å². The van der Waals surface area contributed by atoms with Gasteiger partial charge in [0.25, 0.3) is 0 Å². The van der Waals surface area contributed by atoms with Gasteiger partial charge in [-0.05, 0) is 55.2 Å². The Morgan fingerprint density at radius 1 is 1.25 bits per heavy atom. The normalized spacial score (nSPS) is 15.8. The van der Waals surface area contributed by atoms with Gasteiger partial charge in [0.05, 0.1) is 6.54 Å². The third-order valence-corrected chi connectivity index (χ3v) is 6.05. The summed E-state index contributed by atoms with van der Waals surface area (Å²) in [6.45, 7) is 14.2. The largest absolute Gasteiger partial charge is 0.368 e. The zero-order valence-corrected chi connectivity index (χ0v) is 22.8. The predicted molar refractivity (Wildman–Crippen MR) is 154 cm³/mol. The molecule has 0 aromatic heterocycles. The van der Waals surface area contributed by atoms with E-state index < -0.39 is 0 Å². The van der Waals surface area contributed by atoms with Crippen molar-refractivity contribution in [3.63, 3.8) is 0 Å². The lowest BCUT2D eigenvalue weighted by atomic mass is 10.0. The van der Waals surface area contributed by atoms with E-state index in [4.69, 9.17) is 17.3 Å². The van der Waals surface area contributed by atoms with Crippen LogP contribution in [0.25, 0.3) is 5.57 Å². The van der Waals surface area contributed by atoms with Gasteiger partial charge >= 0.3 is 0 Å². The van der Waals surface area contributed by atoms with E-state index in [0.717, 1.165) is 65.9 Å². The maximum absolute atomic E-state index is 11.8. The van der Waals surface area contributed by atoms with Gasteiger partial charge in [0, 0.05) is 56.7 Å². The molecule has 0 saturated carbocycles. The maximum atomic E-state index is 11.8. The molecule has 1 heterocycles. The van der Waals surface area contributed by atoms with Gasteiger partial charge in [0.1, 0.15) is 5.82 Å². The number of amides is 1. The number of halogens is 1. The molecule has 1 aliphatic rings. The molecule has 36 heavy (non-hydrogen) atoms. The Morgan fingerprint density at radius 3 is 2.56 bits per heavy atom. The number of hydrogen-bond acceptors (Lipinski definition) is 5. The topological polar surface area (TPSA) is 65.2 Å². The number of carbonyl (C=O) groups excluding carboxylic acids is 1. The second-order valence-electron chi connectivity index (χ2n) is 8.71. The molecule has 2 rings (SSSR count). The average Bonchev–Trinajstić information content (AvgIpc) is 2.88. The van der Waals surface area contributed by atoms with Crippen LogP contribution in [0.4, 0.5) is 0 Å². The Bertz CT molecular complexity index is 1040. The number of nitrogens with two attached hydrogens (primary N) is 1. The minimum Gasteiger partial charge on any atom is -0.368 e. The number of hydrogen-bond donors (Lipinski definition) is 1. The number of piperazine rings is 1. The SMILES string of the molecule is C=C(/N=C\C(=C/C)c1cccc(CN(C)C(=O)CN)c1)N1CCN(C(/C=C(\C)Cl)=C/C=C/CC)CC1. The molecule has 0 spiro atoms. The van der Waals surface area contributed by atoms with Crippen LogP contribution in [0.3, 0.4) is 0 Å². The highest BCUT2D eigenvalue weighted by Crippen LogP contribution is 2.19. The highest BCUT2D eigenvalue weighted by Gasteiger charge is 2.18. The summed E-state index contributed by atoms with van der Waals surface area (Å²) in [5.41, 5.74) is 9.68. The highest BCUT2D eigenvalue weighted by atomic mass is 35.5. The molecule has 0 radical (unpaired) electrons. The number of rotatable bonds is 11. The summed E-state index contributed by atoms with van der Waals surface area (Å²) in [6, 6.07) is 8.13. The Balaban J connectivity index is 2.03. The third-order valence-electron chi connectivity index (χ3n) is 5.94. The Kier molecular flexibility index (Phi) is 12.2. The molecular weight excluding hydrogens is 470 g/mol. The summed E-state index contributed by atoms with van der Waals surface area (Å²) < 4.78 is 0. The quantitative estimate of drug-likeness (QED) is 0.330. The van der Waals surface area contributed by atoms with Crippen molar-refractivity contribution in [2.24, 2.45) is 10.7 Å². The Labute approximate surface area is 221 Å². The lowest BCUT2D eigenvalue weighted by Crippen LogP contribution is -2.44. The van der Waals surface area contributed by atoms with Crippen LogP contribution in [-0.2, 0) is 11.3 Å². The summed E-state index contributed by atoms with van der Waals surface area (Å²) in [7, 11) is 1.76. The fraction of sp³-hybridized carbons (Fsp3) is 0.379. The minimum atomic E-state index is -0.0848. The van der Waals surface area contributed by atoms with Crippen molar-refractivity contribution in [3.8, 4) is 0 Å². The molecule has 2 N–H and O–H groups in total. The van der Waals surface area contributed by atoms with E-state index >= 15 is 0 Å². The molecule has 1 aliphatic heterocycles. The molecule has 1 amide bonds. The summed E-state index contributed by atoms with van der Waals surface area (Å²) in [5, 5.41) is 0.767. The van der Waals surface area contributed by atoms with E-state index in [1.165, 1.54) is 0 Å². The Morgan fingerprint density at radius 2 is 1.94 bits per heavy atom. The van der Waals surface area contributed by atoms with Gasteiger partial charge in [-0.1, -0.05) is 61.5 Å². The van der Waals surface area contributed by atoms with Gasteiger partial charge in [-0.3, -0.25) is 4.79 Å². The predicted octanol–water partition coefficient (Wildman–Crippen LogP) is 5.16. The van der Waals surface area contributed by atoms with Gasteiger partial charge in [0.15, 0.2) is 0 Å². The molecular formula is C29H40ClN5O. The molecule has 0 atom stereocenters. The standard InChI is InChI=1S/C29H40ClN5O/c1-6-8-9-13-28(18-23(3)30)35-16-14-34(15-17-35)24(4)32-21-26(7-2)27-12-10-11-25(19-27)22-33(5)29(36)20-31/h7-13,18-19,21H,4,6,14-17,20,22,31H2,1-3,5H3/b9-8+,23-18+,26-7+,28-13+,32-21-. The number of benzene rings is 1. The van der Waals surface area contributed by atoms with Crippen LogP contribution in [0.5, 0.6) is 0 Å². The van der Waals surface area contributed by atoms with Crippen molar-refractivity contribution in [1.29, 1.82) is 0 Å². The van der Waals surface area contributed by atoms with Crippen LogP contribution in [0.2, 0.25) is 0 Å². The van der Waals surface area contributed by atoms with Gasteiger partial charge in [-0.15, -0.1) is 0 Å². The van der Waals surface area contributed by atoms with Gasteiger partial charge in [-0.2, -0.15) is 0 Å². The van der Waals surface area contributed by atoms with Crippen LogP contribution in [0.1, 0.15) is 38.3 Å². The second kappa shape index (κ2) is 15.1. The van der Waals surface area contributed by atoms with Crippen LogP contribution in [0.15, 0.2) is 82.8 Å². The van der Waals surface area contributed by atoms with E-state index in [0.29, 0.717) is 6.54 Å². The van der Waals surface area contributed by atoms with E-state index in [9.17, 15) is 4.79 Å². The lowest BCUT2D eigenvalue weighted by Gasteiger charge is -2.37. The second-order valence-corrected chi connectivity index (χ2v) is 9.30. The molecule has 1 aromatic carbocycles. The molecule has 194 valence electrons. The summed E-state index contributed by atoms with van der Waals surface area (Å²) >= 11 is 6.17. The first kappa shape index (κ1) is 29.1. The van der Waals surface area contributed by atoms with Crippen molar-refractivity contribution < 1.29 is 4.79 Å². The van der Waals surface area contributed by atoms with E-state index in [1.54, 1.807) is 11.9 Å². The molecule has 0 unspecified atom stereocenters. The molecule has 6 nitrogen and oxygen atoms in total. The van der Waals surface area contributed by atoms with E-state index in [-0.39, 0.29) is 12.5 Å². The van der Waals surface area contributed by atoms with Gasteiger partial charge in [-0.25, -0.2) is 4.99 Å². The van der Waals surface area contributed by atoms with Crippen LogP contribution < -0.4 is 5.73 Å². The fourth-order valence-corrected chi connectivity index (χ4v) is 3.99. The van der Waals surface area contributed by atoms with Gasteiger partial charge < -0.3 is 20.4 Å². The highest BCUT2D eigenvalue weighted by molar-refractivity contribution is 6.29. The smallest absolute Gasteiger partial charge is 0.236 e. The molecule has 0 bridgehead atoms. The van der Waals surface area contributed by atoms with Crippen molar-refractivity contribution in [2.45, 2.75) is 33.7 Å². The number of likely N-dealkylation sites (N-methyl/N-ethyl adjacent to an activating group) is 1. The first-order valence-corrected chi connectivity index (χ1v) is 12.8. The lowest BCUT2D eigenvalue weighted by molar-refractivity contribution is -0.128. The van der Waals surface area contributed by atoms with E-state index in [2.05, 4.69) is 52.6 Å². The monoisotopic (exact) mass is 509 g/mol. The maximum Gasteiger partial charge on any atom is 0.236 e. The zero-order valence-electron chi connectivity index (χ0n) is 22.1. The first-order chi connectivity index (χ1) is 17.3. The van der Waals surface area contributed by atoms with Crippen LogP contribution in [0, 0.1) is 0 Å². The molecule has 7 heteroatoms. The first-order valence-electron chi connectivity index (χ1n) is 12.4. The van der Waals surface area contributed by atoms with Crippen molar-refractivity contribution >= 4 is 29.3 Å². The van der Waals surface area contributed by atoms with Crippen LogP contribution in [-0.4, -0.2) is 66.6 Å². The number of aliphatic imine (C=N–C) groups is 1. The number of allylic oxidation sites excluding steroid dienone is 7. The summed E-state index contributed by atoms with van der Waals surface area (Å²) in [4.78, 5) is 22.7. The minimum absolute atomic E-state index is 0.00981. The fourth-order valence-electron chi connectivity index (χ4n) is 3.88. The van der Waals surface area contributed by atoms with Crippen molar-refractivity contribution in [1.82, 2.24) is 14.7 Å². The number of nitrogens with zero attached hydrogens (tertiary/aromatic N) is 4. The molecule has 1 aromatic rings. The Hall–Kier alpha value is -3.09. The van der Waals surface area contributed by atoms with Crippen molar-refractivity contribution in [2.75, 3.05) is 39.8 Å². The molecule has 0 aliphatic carbocycles. The van der Waals surface area contributed by atoms with Gasteiger partial charge in [0.2, 0.25) is 5.91 Å². The average molecular weight is 510 g/mol. The third kappa shape index (κ3) is 9.17. The molecule has 1 fully saturated rings. The summed E-state index contributed by atoms with van der Waals surface area (Å²) in [5.74, 6) is 0.664. The van der Waals surface area contributed by atoms with E-state index in [1.807, 2.05) is 50.4 Å².